The van der Waals surface area contributed by atoms with Crippen LogP contribution in [0.4, 0.5) is 15.3 Å². The van der Waals surface area contributed by atoms with E-state index < -0.39 is 22.4 Å². The first-order chi connectivity index (χ1) is 10.3. The molecule has 0 N–H and O–H groups in total. The molecule has 0 spiro atoms. The Morgan fingerprint density at radius 1 is 1.27 bits per heavy atom. The van der Waals surface area contributed by atoms with Gasteiger partial charge < -0.3 is 0 Å². The third kappa shape index (κ3) is 1.81. The molecule has 1 aromatic carbocycles. The number of urea groups is 1. The highest BCUT2D eigenvalue weighted by molar-refractivity contribution is 6.42. The first-order valence-electron chi connectivity index (χ1n) is 6.41. The standard InChI is InChI=1S/C14H12Cl2N3O3/c1-14(6-3-7-17-14)19(12(20)18(2)13(21)22-19)9-4-5-10(15)11(16)8-9/h3-8H,1-2H3/q+1. The summed E-state index contributed by atoms with van der Waals surface area (Å²) in [5.41, 5.74) is -0.752. The van der Waals surface area contributed by atoms with Crippen molar-refractivity contribution >= 4 is 47.2 Å². The van der Waals surface area contributed by atoms with E-state index in [0.29, 0.717) is 10.7 Å². The first-order valence-corrected chi connectivity index (χ1v) is 7.17. The number of carbonyl (C=O) groups excluding carboxylic acids is 2. The quantitative estimate of drug-likeness (QED) is 0.770. The van der Waals surface area contributed by atoms with E-state index in [9.17, 15) is 9.59 Å². The van der Waals surface area contributed by atoms with Crippen molar-refractivity contribution in [1.29, 1.82) is 0 Å². The van der Waals surface area contributed by atoms with E-state index >= 15 is 0 Å². The van der Waals surface area contributed by atoms with Crippen molar-refractivity contribution in [2.24, 2.45) is 4.99 Å². The number of aliphatic imine (C=N–C) groups is 1. The van der Waals surface area contributed by atoms with Crippen molar-refractivity contribution in [2.45, 2.75) is 12.6 Å². The van der Waals surface area contributed by atoms with E-state index in [0.717, 1.165) is 4.90 Å². The number of hydrogen-bond acceptors (Lipinski definition) is 4. The summed E-state index contributed by atoms with van der Waals surface area (Å²) in [5, 5.41) is 0.593. The number of rotatable bonds is 2. The van der Waals surface area contributed by atoms with Crippen molar-refractivity contribution in [3.63, 3.8) is 0 Å². The predicted octanol–water partition coefficient (Wildman–Crippen LogP) is 3.77. The molecule has 1 fully saturated rings. The van der Waals surface area contributed by atoms with Gasteiger partial charge in [0.05, 0.1) is 10.0 Å². The molecule has 0 aromatic heterocycles. The minimum Gasteiger partial charge on any atom is -0.234 e. The maximum Gasteiger partial charge on any atom is 0.478 e. The third-order valence-electron chi connectivity index (χ3n) is 3.78. The predicted molar refractivity (Wildman–Crippen MR) is 83.9 cm³/mol. The van der Waals surface area contributed by atoms with Crippen molar-refractivity contribution in [3.8, 4) is 0 Å². The number of amides is 3. The van der Waals surface area contributed by atoms with E-state index in [-0.39, 0.29) is 5.02 Å². The van der Waals surface area contributed by atoms with Gasteiger partial charge >= 0.3 is 12.1 Å². The molecular weight excluding hydrogens is 329 g/mol. The average Bonchev–Trinajstić information content (AvgIpc) is 3.02. The molecule has 0 radical (unpaired) electrons. The van der Waals surface area contributed by atoms with Gasteiger partial charge in [-0.15, -0.1) is 0 Å². The summed E-state index contributed by atoms with van der Waals surface area (Å²) >= 11 is 12.0. The highest BCUT2D eigenvalue weighted by atomic mass is 35.5. The molecule has 6 nitrogen and oxygen atoms in total. The van der Waals surface area contributed by atoms with Crippen LogP contribution in [0, 0.1) is 0 Å². The van der Waals surface area contributed by atoms with Crippen LogP contribution in [0.1, 0.15) is 6.92 Å². The van der Waals surface area contributed by atoms with E-state index in [2.05, 4.69) is 4.99 Å². The molecule has 2 heterocycles. The molecule has 0 saturated carbocycles. The SMILES string of the molecule is CN1C(=O)O[N+](c2ccc(Cl)c(Cl)c2)(C2(C)C=CC=N2)C1=O. The van der Waals surface area contributed by atoms with Crippen molar-refractivity contribution in [1.82, 2.24) is 9.55 Å². The van der Waals surface area contributed by atoms with E-state index in [1.54, 1.807) is 37.4 Å². The first kappa shape index (κ1) is 15.0. The summed E-state index contributed by atoms with van der Waals surface area (Å²) in [4.78, 5) is 35.4. The topological polar surface area (TPSA) is 59.0 Å². The fourth-order valence-electron chi connectivity index (χ4n) is 2.55. The van der Waals surface area contributed by atoms with Crippen LogP contribution in [0.5, 0.6) is 0 Å². The lowest BCUT2D eigenvalue weighted by molar-refractivity contribution is -0.0711. The van der Waals surface area contributed by atoms with E-state index in [4.69, 9.17) is 28.0 Å². The van der Waals surface area contributed by atoms with Gasteiger partial charge in [0.2, 0.25) is 0 Å². The Kier molecular flexibility index (Phi) is 3.28. The number of imide groups is 1. The van der Waals surface area contributed by atoms with Gasteiger partial charge in [-0.2, -0.15) is 4.90 Å². The average molecular weight is 341 g/mol. The van der Waals surface area contributed by atoms with Crippen LogP contribution >= 0.6 is 23.2 Å². The molecule has 0 bridgehead atoms. The molecule has 8 heteroatoms. The van der Waals surface area contributed by atoms with Gasteiger partial charge in [-0.1, -0.05) is 23.2 Å². The number of carbonyl (C=O) groups is 2. The summed E-state index contributed by atoms with van der Waals surface area (Å²) in [6.07, 6.45) is 4.18. The van der Waals surface area contributed by atoms with Gasteiger partial charge in [0.25, 0.3) is 5.66 Å². The number of benzene rings is 1. The van der Waals surface area contributed by atoms with Crippen LogP contribution in [0.3, 0.4) is 0 Å². The molecule has 2 unspecified atom stereocenters. The van der Waals surface area contributed by atoms with Crippen LogP contribution in [0.2, 0.25) is 10.0 Å². The summed E-state index contributed by atoms with van der Waals surface area (Å²) < 4.78 is -0.758. The van der Waals surface area contributed by atoms with E-state index in [1.165, 1.54) is 13.1 Å². The lowest BCUT2D eigenvalue weighted by Crippen LogP contribution is -2.63. The number of nitrogens with zero attached hydrogens (tertiary/aromatic N) is 3. The number of halogens is 2. The second kappa shape index (κ2) is 4.81. The van der Waals surface area contributed by atoms with Crippen molar-refractivity contribution in [2.75, 3.05) is 7.05 Å². The molecule has 114 valence electrons. The summed E-state index contributed by atoms with van der Waals surface area (Å²) in [6.45, 7) is 1.69. The Labute approximate surface area is 136 Å². The molecule has 3 rings (SSSR count). The molecule has 2 aliphatic heterocycles. The van der Waals surface area contributed by atoms with Crippen LogP contribution in [-0.2, 0) is 4.84 Å². The minimum atomic E-state index is -1.12. The number of hydroxylamine groups is 2. The summed E-state index contributed by atoms with van der Waals surface area (Å²) in [6, 6.07) is 4.08. The van der Waals surface area contributed by atoms with Crippen LogP contribution in [0.25, 0.3) is 0 Å². The molecule has 22 heavy (non-hydrogen) atoms. The smallest absolute Gasteiger partial charge is 0.234 e. The van der Waals surface area contributed by atoms with Crippen molar-refractivity contribution < 1.29 is 14.4 Å². The summed E-state index contributed by atoms with van der Waals surface area (Å²) in [7, 11) is 1.36. The van der Waals surface area contributed by atoms with Gasteiger partial charge in [-0.3, -0.25) is 0 Å². The van der Waals surface area contributed by atoms with Crippen LogP contribution in [0.15, 0.2) is 35.3 Å². The Morgan fingerprint density at radius 3 is 2.50 bits per heavy atom. The molecule has 2 atom stereocenters. The maximum absolute atomic E-state index is 12.8. The Balaban J connectivity index is 2.27. The molecule has 3 amide bonds. The third-order valence-corrected chi connectivity index (χ3v) is 4.52. The van der Waals surface area contributed by atoms with Crippen molar-refractivity contribution in [3.05, 3.63) is 40.4 Å². The van der Waals surface area contributed by atoms with Gasteiger partial charge in [-0.25, -0.2) is 19.4 Å². The van der Waals surface area contributed by atoms with Gasteiger partial charge in [0.15, 0.2) is 5.69 Å². The second-order valence-electron chi connectivity index (χ2n) is 5.14. The van der Waals surface area contributed by atoms with Crippen LogP contribution < -0.4 is 4.65 Å². The number of quaternary nitrogens is 1. The Hall–Kier alpha value is -1.89. The van der Waals surface area contributed by atoms with Crippen LogP contribution in [-0.4, -0.2) is 35.9 Å². The zero-order valence-electron chi connectivity index (χ0n) is 11.8. The fourth-order valence-corrected chi connectivity index (χ4v) is 2.84. The lowest BCUT2D eigenvalue weighted by atomic mass is 10.1. The zero-order valence-corrected chi connectivity index (χ0v) is 13.3. The fraction of sp³-hybridized carbons (Fsp3) is 0.214. The highest BCUT2D eigenvalue weighted by Crippen LogP contribution is 2.43. The highest BCUT2D eigenvalue weighted by Gasteiger charge is 2.67. The summed E-state index contributed by atoms with van der Waals surface area (Å²) in [5.74, 6) is 0. The molecule has 1 aromatic rings. The number of hydrogen-bond donors (Lipinski definition) is 0. The van der Waals surface area contributed by atoms with E-state index in [1.807, 2.05) is 0 Å². The lowest BCUT2D eigenvalue weighted by Gasteiger charge is -2.34. The van der Waals surface area contributed by atoms with Gasteiger partial charge in [-0.05, 0) is 12.1 Å². The van der Waals surface area contributed by atoms with Gasteiger partial charge in [0, 0.05) is 43.0 Å². The van der Waals surface area contributed by atoms with Gasteiger partial charge in [0.1, 0.15) is 0 Å². The Bertz CT molecular complexity index is 735. The monoisotopic (exact) mass is 340 g/mol. The Morgan fingerprint density at radius 2 is 2.00 bits per heavy atom. The largest absolute Gasteiger partial charge is 0.478 e. The zero-order chi connectivity index (χ0) is 16.1. The maximum atomic E-state index is 12.8. The molecule has 2 aliphatic rings. The minimum absolute atomic E-state index is 0.254. The molecular formula is C14H12Cl2N3O3+. The molecule has 0 aliphatic carbocycles. The second-order valence-corrected chi connectivity index (χ2v) is 5.95. The molecule has 1 saturated heterocycles. The number of allylic oxidation sites excluding steroid dienone is 1. The normalized spacial score (nSPS) is 30.3.